The second kappa shape index (κ2) is 8.80. The van der Waals surface area contributed by atoms with Crippen LogP contribution in [0.25, 0.3) is 0 Å². The SMILES string of the molecule is CC1=CC(=O)O[C@]2([C@@H]3CSC(=O)N3)C[C@@H](CC[C@H](C)C=CCC1)O[C@@H](O)C2. The number of aliphatic hydroxyl groups is 1. The van der Waals surface area contributed by atoms with Crippen LogP contribution in [0.5, 0.6) is 0 Å². The van der Waals surface area contributed by atoms with Crippen molar-refractivity contribution in [3.05, 3.63) is 23.8 Å². The molecule has 3 heterocycles. The molecule has 0 aromatic carbocycles. The first-order valence-corrected chi connectivity index (χ1v) is 10.7. The van der Waals surface area contributed by atoms with E-state index in [1.807, 2.05) is 6.92 Å². The van der Waals surface area contributed by atoms with Crippen LogP contribution in [0, 0.1) is 5.92 Å². The van der Waals surface area contributed by atoms with E-state index in [-0.39, 0.29) is 23.8 Å². The van der Waals surface area contributed by atoms with Gasteiger partial charge in [-0.25, -0.2) is 4.79 Å². The number of hydrogen-bond donors (Lipinski definition) is 2. The van der Waals surface area contributed by atoms with Gasteiger partial charge in [0.1, 0.15) is 5.60 Å². The molecule has 5 atom stereocenters. The van der Waals surface area contributed by atoms with Crippen LogP contribution >= 0.6 is 11.8 Å². The van der Waals surface area contributed by atoms with Gasteiger partial charge in [0, 0.05) is 24.7 Å². The standard InChI is InChI=1S/C20H29NO5S/c1-13-5-3-4-6-14(2)9-17(22)26-20(16-12-27-19(24)21-16)10-15(8-7-13)25-18(23)11-20/h3,5,9,13,15-16,18,23H,4,6-8,10-12H2,1-2H3,(H,21,24)/t13-,15-,16+,18-,20-/m1/s1. The van der Waals surface area contributed by atoms with Crippen molar-refractivity contribution in [3.8, 4) is 0 Å². The number of ether oxygens (including phenoxy) is 2. The number of thioether (sulfide) groups is 1. The van der Waals surface area contributed by atoms with E-state index in [1.165, 1.54) is 17.8 Å². The van der Waals surface area contributed by atoms with Crippen LogP contribution < -0.4 is 5.32 Å². The number of allylic oxidation sites excluding steroid dienone is 3. The van der Waals surface area contributed by atoms with Gasteiger partial charge in [-0.15, -0.1) is 0 Å². The molecule has 2 bridgehead atoms. The largest absolute Gasteiger partial charge is 0.453 e. The van der Waals surface area contributed by atoms with Crippen LogP contribution in [0.3, 0.4) is 0 Å². The number of hydrogen-bond acceptors (Lipinski definition) is 6. The van der Waals surface area contributed by atoms with Crippen molar-refractivity contribution >= 4 is 23.0 Å². The summed E-state index contributed by atoms with van der Waals surface area (Å²) in [5, 5.41) is 13.1. The van der Waals surface area contributed by atoms with E-state index in [1.54, 1.807) is 0 Å². The van der Waals surface area contributed by atoms with Gasteiger partial charge in [0.25, 0.3) is 5.24 Å². The van der Waals surface area contributed by atoms with Crippen molar-refractivity contribution in [1.82, 2.24) is 5.32 Å². The molecule has 0 aliphatic carbocycles. The fraction of sp³-hybridized carbons (Fsp3) is 0.700. The Hall–Kier alpha value is -1.31. The first-order valence-electron chi connectivity index (χ1n) is 9.70. The van der Waals surface area contributed by atoms with Gasteiger partial charge in [-0.1, -0.05) is 36.4 Å². The highest BCUT2D eigenvalue weighted by molar-refractivity contribution is 8.14. The fourth-order valence-electron chi connectivity index (χ4n) is 4.05. The van der Waals surface area contributed by atoms with E-state index in [4.69, 9.17) is 9.47 Å². The van der Waals surface area contributed by atoms with Gasteiger partial charge in [-0.05, 0) is 38.5 Å². The van der Waals surface area contributed by atoms with E-state index in [0.29, 0.717) is 18.1 Å². The summed E-state index contributed by atoms with van der Waals surface area (Å²) in [5.41, 5.74) is 0.0111. The van der Waals surface area contributed by atoms with Gasteiger partial charge in [-0.3, -0.25) is 4.79 Å². The predicted octanol–water partition coefficient (Wildman–Crippen LogP) is 3.30. The number of esters is 1. The number of fused-ring (bicyclic) bond motifs is 2. The third-order valence-corrected chi connectivity index (χ3v) is 6.41. The van der Waals surface area contributed by atoms with E-state index < -0.39 is 17.9 Å². The summed E-state index contributed by atoms with van der Waals surface area (Å²) in [6, 6.07) is -0.320. The summed E-state index contributed by atoms with van der Waals surface area (Å²) in [4.78, 5) is 24.4. The maximum absolute atomic E-state index is 12.6. The Morgan fingerprint density at radius 2 is 2.11 bits per heavy atom. The second-order valence-electron chi connectivity index (χ2n) is 7.91. The molecular formula is C20H29NO5S. The first kappa shape index (κ1) is 20.4. The van der Waals surface area contributed by atoms with Gasteiger partial charge in [-0.2, -0.15) is 0 Å². The smallest absolute Gasteiger partial charge is 0.331 e. The Labute approximate surface area is 164 Å². The zero-order chi connectivity index (χ0) is 19.4. The van der Waals surface area contributed by atoms with Crippen molar-refractivity contribution in [2.24, 2.45) is 5.92 Å². The average molecular weight is 396 g/mol. The quantitative estimate of drug-likeness (QED) is 0.523. The Morgan fingerprint density at radius 3 is 2.85 bits per heavy atom. The summed E-state index contributed by atoms with van der Waals surface area (Å²) in [7, 11) is 0. The highest BCUT2D eigenvalue weighted by Gasteiger charge is 2.51. The lowest BCUT2D eigenvalue weighted by Crippen LogP contribution is -2.59. The van der Waals surface area contributed by atoms with Crippen molar-refractivity contribution in [2.75, 3.05) is 5.75 Å². The maximum atomic E-state index is 12.6. The third kappa shape index (κ3) is 5.36. The van der Waals surface area contributed by atoms with Crippen LogP contribution in [-0.2, 0) is 14.3 Å². The lowest BCUT2D eigenvalue weighted by Gasteiger charge is -2.45. The van der Waals surface area contributed by atoms with Gasteiger partial charge < -0.3 is 19.9 Å². The Balaban J connectivity index is 1.89. The first-order chi connectivity index (χ1) is 12.9. The predicted molar refractivity (Wildman–Crippen MR) is 104 cm³/mol. The van der Waals surface area contributed by atoms with E-state index >= 15 is 0 Å². The Bertz CT molecular complexity index is 634. The maximum Gasteiger partial charge on any atom is 0.331 e. The molecule has 1 amide bonds. The molecule has 6 nitrogen and oxygen atoms in total. The topological polar surface area (TPSA) is 84.9 Å². The highest BCUT2D eigenvalue weighted by atomic mass is 32.2. The minimum absolute atomic E-state index is 0.118. The zero-order valence-electron chi connectivity index (χ0n) is 16.0. The average Bonchev–Trinajstić information content (AvgIpc) is 3.03. The third-order valence-electron chi connectivity index (χ3n) is 5.53. The minimum Gasteiger partial charge on any atom is -0.453 e. The summed E-state index contributed by atoms with van der Waals surface area (Å²) < 4.78 is 11.7. The molecule has 3 aliphatic rings. The minimum atomic E-state index is -1.01. The molecule has 2 N–H and O–H groups in total. The summed E-state index contributed by atoms with van der Waals surface area (Å²) in [6.07, 6.45) is 8.70. The monoisotopic (exact) mass is 395 g/mol. The molecule has 3 aliphatic heterocycles. The molecule has 2 saturated heterocycles. The molecule has 0 aromatic heterocycles. The van der Waals surface area contributed by atoms with Crippen molar-refractivity contribution in [3.63, 3.8) is 0 Å². The van der Waals surface area contributed by atoms with Crippen molar-refractivity contribution < 1.29 is 24.2 Å². The molecule has 2 fully saturated rings. The molecule has 0 spiro atoms. The zero-order valence-corrected chi connectivity index (χ0v) is 16.8. The Morgan fingerprint density at radius 1 is 1.30 bits per heavy atom. The van der Waals surface area contributed by atoms with Crippen LogP contribution in [0.1, 0.15) is 52.4 Å². The van der Waals surface area contributed by atoms with Crippen LogP contribution in [0.2, 0.25) is 0 Å². The number of carbonyl (C=O) groups is 2. The molecule has 0 radical (unpaired) electrons. The number of carbonyl (C=O) groups excluding carboxylic acids is 2. The van der Waals surface area contributed by atoms with Gasteiger partial charge in [0.05, 0.1) is 12.1 Å². The molecular weight excluding hydrogens is 366 g/mol. The van der Waals surface area contributed by atoms with Crippen LogP contribution in [0.4, 0.5) is 4.79 Å². The summed E-state index contributed by atoms with van der Waals surface area (Å²) >= 11 is 1.19. The van der Waals surface area contributed by atoms with Crippen LogP contribution in [-0.4, -0.2) is 46.1 Å². The summed E-state index contributed by atoms with van der Waals surface area (Å²) in [5.74, 6) is 0.521. The molecule has 0 saturated carbocycles. The molecule has 3 rings (SSSR count). The molecule has 0 aromatic rings. The van der Waals surface area contributed by atoms with Crippen molar-refractivity contribution in [2.45, 2.75) is 76.4 Å². The van der Waals surface area contributed by atoms with E-state index in [2.05, 4.69) is 24.4 Å². The number of aliphatic hydroxyl groups excluding tert-OH is 1. The lowest BCUT2D eigenvalue weighted by molar-refractivity contribution is -0.233. The van der Waals surface area contributed by atoms with Gasteiger partial charge >= 0.3 is 5.97 Å². The van der Waals surface area contributed by atoms with Crippen LogP contribution in [0.15, 0.2) is 23.8 Å². The van der Waals surface area contributed by atoms with Gasteiger partial charge in [0.2, 0.25) is 0 Å². The normalized spacial score (nSPS) is 38.6. The fourth-order valence-corrected chi connectivity index (χ4v) is 4.98. The molecule has 7 heteroatoms. The van der Waals surface area contributed by atoms with E-state index in [9.17, 15) is 14.7 Å². The highest BCUT2D eigenvalue weighted by Crippen LogP contribution is 2.39. The van der Waals surface area contributed by atoms with E-state index in [0.717, 1.165) is 31.3 Å². The van der Waals surface area contributed by atoms with Crippen molar-refractivity contribution in [1.29, 1.82) is 0 Å². The molecule has 0 unspecified atom stereocenters. The molecule has 150 valence electrons. The number of nitrogens with one attached hydrogen (secondary N) is 1. The Kier molecular flexibility index (Phi) is 6.65. The summed E-state index contributed by atoms with van der Waals surface area (Å²) in [6.45, 7) is 4.09. The lowest BCUT2D eigenvalue weighted by atomic mass is 9.81. The van der Waals surface area contributed by atoms with Gasteiger partial charge in [0.15, 0.2) is 6.29 Å². The molecule has 27 heavy (non-hydrogen) atoms. The second-order valence-corrected chi connectivity index (χ2v) is 8.91. The number of amides is 1. The number of rotatable bonds is 1.